The highest BCUT2D eigenvalue weighted by Crippen LogP contribution is 2.32. The number of nitrogens with two attached hydrogens (primary N) is 1. The minimum atomic E-state index is -0.294. The van der Waals surface area contributed by atoms with E-state index < -0.39 is 0 Å². The van der Waals surface area contributed by atoms with E-state index in [0.29, 0.717) is 18.1 Å². The molecule has 0 atom stereocenters. The molecule has 0 aliphatic heterocycles. The van der Waals surface area contributed by atoms with Gasteiger partial charge < -0.3 is 10.8 Å². The Morgan fingerprint density at radius 3 is 2.31 bits per heavy atom. The van der Waals surface area contributed by atoms with Crippen LogP contribution in [0.4, 0.5) is 0 Å². The number of rotatable bonds is 3. The van der Waals surface area contributed by atoms with E-state index >= 15 is 0 Å². The van der Waals surface area contributed by atoms with Gasteiger partial charge in [-0.25, -0.2) is 0 Å². The fourth-order valence-electron chi connectivity index (χ4n) is 1.90. The molecule has 0 unspecified atom stereocenters. The highest BCUT2D eigenvalue weighted by atomic mass is 16.3. The monoisotopic (exact) mass is 221 g/mol. The minimum Gasteiger partial charge on any atom is -0.507 e. The van der Waals surface area contributed by atoms with Crippen molar-refractivity contribution in [3.05, 3.63) is 28.8 Å². The number of phenols is 1. The predicted molar refractivity (Wildman–Crippen MR) is 68.9 cm³/mol. The van der Waals surface area contributed by atoms with Gasteiger partial charge in [0.25, 0.3) is 0 Å². The largest absolute Gasteiger partial charge is 0.507 e. The maximum absolute atomic E-state index is 10.2. The zero-order valence-electron chi connectivity index (χ0n) is 11.0. The molecule has 1 aromatic carbocycles. The molecule has 90 valence electrons. The Hall–Kier alpha value is -1.02. The second kappa shape index (κ2) is 4.46. The zero-order chi connectivity index (χ0) is 12.5. The maximum atomic E-state index is 10.2. The molecule has 0 bridgehead atoms. The second-order valence-electron chi connectivity index (χ2n) is 5.62. The van der Waals surface area contributed by atoms with Gasteiger partial charge in [0.05, 0.1) is 0 Å². The number of aryl methyl sites for hydroxylation is 1. The normalized spacial score (nSPS) is 12.2. The average Bonchev–Trinajstić information content (AvgIpc) is 2.10. The van der Waals surface area contributed by atoms with E-state index in [9.17, 15) is 5.11 Å². The molecular formula is C14H23NO. The summed E-state index contributed by atoms with van der Waals surface area (Å²) in [6.45, 7) is 10.1. The van der Waals surface area contributed by atoms with Crippen LogP contribution < -0.4 is 5.73 Å². The lowest BCUT2D eigenvalue weighted by Crippen LogP contribution is -2.34. The summed E-state index contributed by atoms with van der Waals surface area (Å²) in [6, 6.07) is 4.07. The first-order valence-corrected chi connectivity index (χ1v) is 5.82. The Balaban J connectivity index is 3.21. The average molecular weight is 221 g/mol. The fourth-order valence-corrected chi connectivity index (χ4v) is 1.90. The summed E-state index contributed by atoms with van der Waals surface area (Å²) in [5, 5.41) is 10.2. The van der Waals surface area contributed by atoms with Gasteiger partial charge in [-0.2, -0.15) is 0 Å². The Morgan fingerprint density at radius 2 is 1.88 bits per heavy atom. The first-order valence-electron chi connectivity index (χ1n) is 5.82. The molecule has 0 saturated carbocycles. The Kier molecular flexibility index (Phi) is 3.64. The minimum absolute atomic E-state index is 0.294. The lowest BCUT2D eigenvalue weighted by atomic mass is 9.89. The molecule has 0 amide bonds. The Bertz CT molecular complexity index is 375. The SMILES string of the molecule is Cc1ccc(C(C)C)c(O)c1CC(C)(C)N. The fraction of sp³-hybridized carbons (Fsp3) is 0.571. The Morgan fingerprint density at radius 1 is 1.31 bits per heavy atom. The van der Waals surface area contributed by atoms with E-state index in [2.05, 4.69) is 19.9 Å². The maximum Gasteiger partial charge on any atom is 0.122 e. The molecule has 0 spiro atoms. The van der Waals surface area contributed by atoms with Crippen molar-refractivity contribution < 1.29 is 5.11 Å². The zero-order valence-corrected chi connectivity index (χ0v) is 11.0. The van der Waals surface area contributed by atoms with E-state index in [1.807, 2.05) is 26.8 Å². The topological polar surface area (TPSA) is 46.2 Å². The third-order valence-corrected chi connectivity index (χ3v) is 2.80. The molecule has 2 nitrogen and oxygen atoms in total. The van der Waals surface area contributed by atoms with Gasteiger partial charge in [-0.1, -0.05) is 26.0 Å². The van der Waals surface area contributed by atoms with E-state index in [1.54, 1.807) is 0 Å². The van der Waals surface area contributed by atoms with Crippen LogP contribution in [-0.4, -0.2) is 10.6 Å². The first-order chi connectivity index (χ1) is 7.22. The Labute approximate surface area is 98.5 Å². The molecule has 0 aliphatic rings. The van der Waals surface area contributed by atoms with Crippen LogP contribution in [0.5, 0.6) is 5.75 Å². The highest BCUT2D eigenvalue weighted by Gasteiger charge is 2.19. The molecular weight excluding hydrogens is 198 g/mol. The first kappa shape index (κ1) is 13.0. The van der Waals surface area contributed by atoms with Crippen LogP contribution in [0.25, 0.3) is 0 Å². The van der Waals surface area contributed by atoms with Crippen LogP contribution in [-0.2, 0) is 6.42 Å². The van der Waals surface area contributed by atoms with Gasteiger partial charge >= 0.3 is 0 Å². The van der Waals surface area contributed by atoms with Crippen LogP contribution in [0.3, 0.4) is 0 Å². The third-order valence-electron chi connectivity index (χ3n) is 2.80. The summed E-state index contributed by atoms with van der Waals surface area (Å²) in [5.74, 6) is 0.758. The van der Waals surface area contributed by atoms with E-state index in [4.69, 9.17) is 5.73 Å². The number of benzene rings is 1. The molecule has 0 radical (unpaired) electrons. The molecule has 0 aliphatic carbocycles. The van der Waals surface area contributed by atoms with Crippen molar-refractivity contribution in [2.24, 2.45) is 5.73 Å². The summed E-state index contributed by atoms with van der Waals surface area (Å²) >= 11 is 0. The van der Waals surface area contributed by atoms with Crippen LogP contribution in [0.15, 0.2) is 12.1 Å². The number of phenolic OH excluding ortho intramolecular Hbond substituents is 1. The van der Waals surface area contributed by atoms with Crippen molar-refractivity contribution in [1.82, 2.24) is 0 Å². The number of aromatic hydroxyl groups is 1. The van der Waals surface area contributed by atoms with Gasteiger partial charge in [-0.15, -0.1) is 0 Å². The molecule has 0 fully saturated rings. The summed E-state index contributed by atoms with van der Waals surface area (Å²) < 4.78 is 0. The van der Waals surface area contributed by atoms with Gasteiger partial charge in [0.15, 0.2) is 0 Å². The molecule has 0 aromatic heterocycles. The molecule has 0 heterocycles. The lowest BCUT2D eigenvalue weighted by Gasteiger charge is -2.22. The molecule has 2 heteroatoms. The summed E-state index contributed by atoms with van der Waals surface area (Å²) in [5.41, 5.74) is 8.83. The summed E-state index contributed by atoms with van der Waals surface area (Å²) in [4.78, 5) is 0. The van der Waals surface area contributed by atoms with Crippen molar-refractivity contribution in [2.75, 3.05) is 0 Å². The molecule has 3 N–H and O–H groups in total. The smallest absolute Gasteiger partial charge is 0.122 e. The van der Waals surface area contributed by atoms with Crippen molar-refractivity contribution in [3.8, 4) is 5.75 Å². The predicted octanol–water partition coefficient (Wildman–Crippen LogP) is 3.10. The van der Waals surface area contributed by atoms with Crippen molar-refractivity contribution in [3.63, 3.8) is 0 Å². The van der Waals surface area contributed by atoms with Gasteiger partial charge in [0, 0.05) is 5.54 Å². The number of hydrogen-bond donors (Lipinski definition) is 2. The highest BCUT2D eigenvalue weighted by molar-refractivity contribution is 5.47. The molecule has 1 rings (SSSR count). The van der Waals surface area contributed by atoms with Crippen molar-refractivity contribution >= 4 is 0 Å². The van der Waals surface area contributed by atoms with E-state index in [0.717, 1.165) is 16.7 Å². The summed E-state index contributed by atoms with van der Waals surface area (Å²) in [6.07, 6.45) is 0.700. The van der Waals surface area contributed by atoms with Crippen LogP contribution in [0, 0.1) is 6.92 Å². The van der Waals surface area contributed by atoms with Gasteiger partial charge in [-0.05, 0) is 49.8 Å². The van der Waals surface area contributed by atoms with Crippen molar-refractivity contribution in [2.45, 2.75) is 52.5 Å². The lowest BCUT2D eigenvalue weighted by molar-refractivity contribution is 0.440. The quantitative estimate of drug-likeness (QED) is 0.824. The van der Waals surface area contributed by atoms with Crippen LogP contribution >= 0.6 is 0 Å². The van der Waals surface area contributed by atoms with Gasteiger partial charge in [0.1, 0.15) is 5.75 Å². The third kappa shape index (κ3) is 2.99. The standard InChI is InChI=1S/C14H23NO/c1-9(2)11-7-6-10(3)12(13(11)16)8-14(4,5)15/h6-7,9,16H,8,15H2,1-5H3. The van der Waals surface area contributed by atoms with Gasteiger partial charge in [0.2, 0.25) is 0 Å². The van der Waals surface area contributed by atoms with E-state index in [1.165, 1.54) is 0 Å². The molecule has 0 saturated heterocycles. The van der Waals surface area contributed by atoms with Gasteiger partial charge in [-0.3, -0.25) is 0 Å². The summed E-state index contributed by atoms with van der Waals surface area (Å²) in [7, 11) is 0. The van der Waals surface area contributed by atoms with E-state index in [-0.39, 0.29) is 5.54 Å². The van der Waals surface area contributed by atoms with Crippen LogP contribution in [0.1, 0.15) is 50.3 Å². The molecule has 16 heavy (non-hydrogen) atoms. The number of hydrogen-bond acceptors (Lipinski definition) is 2. The van der Waals surface area contributed by atoms with Crippen LogP contribution in [0.2, 0.25) is 0 Å². The van der Waals surface area contributed by atoms with Crippen molar-refractivity contribution in [1.29, 1.82) is 0 Å². The molecule has 1 aromatic rings. The second-order valence-corrected chi connectivity index (χ2v) is 5.62.